The van der Waals surface area contributed by atoms with Crippen LogP contribution < -0.4 is 10.6 Å². The van der Waals surface area contributed by atoms with Gasteiger partial charge in [0.15, 0.2) is 0 Å². The molecule has 2 atom stereocenters. The number of sulfone groups is 1. The Morgan fingerprint density at radius 3 is 1.98 bits per heavy atom. The van der Waals surface area contributed by atoms with E-state index in [0.29, 0.717) is 32.4 Å². The van der Waals surface area contributed by atoms with E-state index in [0.717, 1.165) is 29.6 Å². The molecule has 0 bridgehead atoms. The largest absolute Gasteiger partial charge is 0.379 e. The van der Waals surface area contributed by atoms with Gasteiger partial charge < -0.3 is 20.4 Å². The minimum absolute atomic E-state index is 0.112. The first kappa shape index (κ1) is 30.0. The quantitative estimate of drug-likeness (QED) is 0.345. The van der Waals surface area contributed by atoms with Crippen molar-refractivity contribution >= 4 is 21.7 Å². The van der Waals surface area contributed by atoms with Gasteiger partial charge in [-0.25, -0.2) is 8.42 Å². The first-order valence-corrected chi connectivity index (χ1v) is 15.4. The van der Waals surface area contributed by atoms with Crippen molar-refractivity contribution in [3.8, 4) is 0 Å². The summed E-state index contributed by atoms with van der Waals surface area (Å²) in [6.07, 6.45) is 2.68. The molecule has 0 saturated carbocycles. The zero-order valence-corrected chi connectivity index (χ0v) is 24.2. The molecule has 0 spiro atoms. The second-order valence-electron chi connectivity index (χ2n) is 10.3. The summed E-state index contributed by atoms with van der Waals surface area (Å²) in [5, 5.41) is 7.08. The number of carbonyl (C=O) groups excluding carboxylic acids is 2. The SMILES string of the molecule is CN1CCN(C(=O)[C@@H](Cc2ccccc2)NC(=O)[C@@H](CCc2ccccc2)N/C=C/S(=O)(=O)c2ccccc2)CC1. The monoisotopic (exact) mass is 574 g/mol. The molecule has 3 aromatic rings. The van der Waals surface area contributed by atoms with E-state index in [9.17, 15) is 18.0 Å². The van der Waals surface area contributed by atoms with Gasteiger partial charge in [-0.2, -0.15) is 0 Å². The van der Waals surface area contributed by atoms with Gasteiger partial charge in [-0.05, 0) is 43.1 Å². The van der Waals surface area contributed by atoms with Crippen LogP contribution in [0.25, 0.3) is 0 Å². The Morgan fingerprint density at radius 1 is 0.805 bits per heavy atom. The number of benzene rings is 3. The van der Waals surface area contributed by atoms with Crippen molar-refractivity contribution in [2.75, 3.05) is 33.2 Å². The van der Waals surface area contributed by atoms with Crippen LogP contribution >= 0.6 is 0 Å². The van der Waals surface area contributed by atoms with Crippen molar-refractivity contribution in [2.45, 2.75) is 36.2 Å². The molecule has 9 heteroatoms. The summed E-state index contributed by atoms with van der Waals surface area (Å²) in [7, 11) is -1.66. The van der Waals surface area contributed by atoms with Crippen molar-refractivity contribution in [2.24, 2.45) is 0 Å². The number of nitrogens with zero attached hydrogens (tertiary/aromatic N) is 2. The van der Waals surface area contributed by atoms with Crippen LogP contribution in [0.2, 0.25) is 0 Å². The molecular formula is C32H38N4O4S. The number of hydrogen-bond acceptors (Lipinski definition) is 6. The lowest BCUT2D eigenvalue weighted by molar-refractivity contribution is -0.138. The minimum Gasteiger partial charge on any atom is -0.379 e. The summed E-state index contributed by atoms with van der Waals surface area (Å²) in [5.41, 5.74) is 2.00. The van der Waals surface area contributed by atoms with Gasteiger partial charge in [0, 0.05) is 38.8 Å². The lowest BCUT2D eigenvalue weighted by atomic mass is 10.0. The first-order valence-electron chi connectivity index (χ1n) is 13.9. The third kappa shape index (κ3) is 9.03. The van der Waals surface area contributed by atoms with E-state index in [2.05, 4.69) is 15.5 Å². The van der Waals surface area contributed by atoms with Crippen LogP contribution in [-0.4, -0.2) is 75.3 Å². The molecule has 1 saturated heterocycles. The van der Waals surface area contributed by atoms with Crippen LogP contribution in [-0.2, 0) is 32.3 Å². The number of carbonyl (C=O) groups is 2. The maximum absolute atomic E-state index is 13.7. The van der Waals surface area contributed by atoms with Gasteiger partial charge in [-0.1, -0.05) is 78.9 Å². The summed E-state index contributed by atoms with van der Waals surface area (Å²) in [4.78, 5) is 31.5. The number of aryl methyl sites for hydroxylation is 1. The first-order chi connectivity index (χ1) is 19.8. The fourth-order valence-electron chi connectivity index (χ4n) is 4.75. The van der Waals surface area contributed by atoms with Crippen molar-refractivity contribution in [3.63, 3.8) is 0 Å². The van der Waals surface area contributed by atoms with Gasteiger partial charge in [-0.15, -0.1) is 0 Å². The normalized spacial score (nSPS) is 15.8. The Morgan fingerprint density at radius 2 is 1.37 bits per heavy atom. The summed E-state index contributed by atoms with van der Waals surface area (Å²) < 4.78 is 25.5. The predicted octanol–water partition coefficient (Wildman–Crippen LogP) is 3.02. The van der Waals surface area contributed by atoms with E-state index < -0.39 is 21.9 Å². The molecule has 216 valence electrons. The van der Waals surface area contributed by atoms with E-state index in [1.165, 1.54) is 18.3 Å². The number of amides is 2. The summed E-state index contributed by atoms with van der Waals surface area (Å²) in [6.45, 7) is 2.76. The fourth-order valence-corrected chi connectivity index (χ4v) is 5.70. The summed E-state index contributed by atoms with van der Waals surface area (Å²) in [6, 6.07) is 26.0. The highest BCUT2D eigenvalue weighted by atomic mass is 32.2. The summed E-state index contributed by atoms with van der Waals surface area (Å²) >= 11 is 0. The zero-order chi connectivity index (χ0) is 29.1. The van der Waals surface area contributed by atoms with Crippen LogP contribution in [0.4, 0.5) is 0 Å². The molecular weight excluding hydrogens is 536 g/mol. The van der Waals surface area contributed by atoms with Crippen LogP contribution in [0.1, 0.15) is 17.5 Å². The Labute approximate surface area is 243 Å². The molecule has 2 N–H and O–H groups in total. The number of hydrogen-bond donors (Lipinski definition) is 2. The Bertz CT molecular complexity index is 1390. The molecule has 1 fully saturated rings. The maximum Gasteiger partial charge on any atom is 0.245 e. The van der Waals surface area contributed by atoms with Crippen LogP contribution in [0.5, 0.6) is 0 Å². The zero-order valence-electron chi connectivity index (χ0n) is 23.4. The molecule has 1 heterocycles. The average molecular weight is 575 g/mol. The van der Waals surface area contributed by atoms with Crippen LogP contribution in [0, 0.1) is 0 Å². The van der Waals surface area contributed by atoms with Gasteiger partial charge >= 0.3 is 0 Å². The highest BCUT2D eigenvalue weighted by Gasteiger charge is 2.30. The Balaban J connectivity index is 1.52. The molecule has 0 radical (unpaired) electrons. The van der Waals surface area contributed by atoms with Gasteiger partial charge in [0.25, 0.3) is 0 Å². The molecule has 3 aromatic carbocycles. The highest BCUT2D eigenvalue weighted by molar-refractivity contribution is 7.94. The summed E-state index contributed by atoms with van der Waals surface area (Å²) in [5.74, 6) is -0.467. The van der Waals surface area contributed by atoms with E-state index in [1.807, 2.05) is 72.6 Å². The molecule has 0 aromatic heterocycles. The van der Waals surface area contributed by atoms with Gasteiger partial charge in [-0.3, -0.25) is 9.59 Å². The number of rotatable bonds is 12. The Kier molecular flexibility index (Phi) is 10.7. The molecule has 41 heavy (non-hydrogen) atoms. The fraction of sp³-hybridized carbons (Fsp3) is 0.312. The molecule has 1 aliphatic heterocycles. The lowest BCUT2D eigenvalue weighted by Gasteiger charge is -2.35. The molecule has 2 amide bonds. The number of nitrogens with one attached hydrogen (secondary N) is 2. The molecule has 8 nitrogen and oxygen atoms in total. The second-order valence-corrected chi connectivity index (χ2v) is 12.1. The predicted molar refractivity (Wildman–Crippen MR) is 161 cm³/mol. The van der Waals surface area contributed by atoms with Crippen molar-refractivity contribution in [1.29, 1.82) is 0 Å². The van der Waals surface area contributed by atoms with E-state index in [-0.39, 0.29) is 16.7 Å². The Hall–Kier alpha value is -3.95. The highest BCUT2D eigenvalue weighted by Crippen LogP contribution is 2.13. The van der Waals surface area contributed by atoms with Gasteiger partial charge in [0.1, 0.15) is 12.1 Å². The number of likely N-dealkylation sites (N-methyl/N-ethyl adjacent to an activating group) is 1. The smallest absolute Gasteiger partial charge is 0.245 e. The second kappa shape index (κ2) is 14.6. The maximum atomic E-state index is 13.7. The van der Waals surface area contributed by atoms with Gasteiger partial charge in [0.05, 0.1) is 10.3 Å². The molecule has 4 rings (SSSR count). The van der Waals surface area contributed by atoms with Crippen LogP contribution in [0.3, 0.4) is 0 Å². The van der Waals surface area contributed by atoms with E-state index >= 15 is 0 Å². The standard InChI is InChI=1S/C32H38N4O4S/c1-35-20-22-36(23-21-35)32(38)30(25-27-13-7-3-8-14-27)34-31(37)29(18-17-26-11-5-2-6-12-26)33-19-24-41(39,40)28-15-9-4-10-16-28/h2-16,19,24,29-30,33H,17-18,20-23,25H2,1H3,(H,34,37)/b24-19+/t29-,30-/m1/s1. The third-order valence-corrected chi connectivity index (χ3v) is 8.63. The lowest BCUT2D eigenvalue weighted by Crippen LogP contribution is -2.57. The van der Waals surface area contributed by atoms with E-state index in [4.69, 9.17) is 0 Å². The van der Waals surface area contributed by atoms with Crippen LogP contribution in [0.15, 0.2) is 107 Å². The molecule has 0 unspecified atom stereocenters. The van der Waals surface area contributed by atoms with Crippen molar-refractivity contribution in [1.82, 2.24) is 20.4 Å². The van der Waals surface area contributed by atoms with Crippen molar-refractivity contribution < 1.29 is 18.0 Å². The average Bonchev–Trinajstić information content (AvgIpc) is 3.00. The topological polar surface area (TPSA) is 98.8 Å². The number of piperazine rings is 1. The minimum atomic E-state index is -3.68. The molecule has 1 aliphatic rings. The van der Waals surface area contributed by atoms with Gasteiger partial charge in [0.2, 0.25) is 21.7 Å². The third-order valence-electron chi connectivity index (χ3n) is 7.21. The molecule has 0 aliphatic carbocycles. The van der Waals surface area contributed by atoms with E-state index in [1.54, 1.807) is 18.2 Å². The van der Waals surface area contributed by atoms with Crippen molar-refractivity contribution in [3.05, 3.63) is 114 Å².